The van der Waals surface area contributed by atoms with E-state index >= 15 is 0 Å². The van der Waals surface area contributed by atoms with Crippen molar-refractivity contribution >= 4 is 15.0 Å². The molecule has 0 aliphatic heterocycles. The number of hydrogen-bond donors (Lipinski definition) is 1. The van der Waals surface area contributed by atoms with Gasteiger partial charge in [0.05, 0.1) is 0 Å². The molecule has 0 unspecified atom stereocenters. The topological polar surface area (TPSA) is 46.5 Å². The molecule has 1 aromatic carbocycles. The highest BCUT2D eigenvalue weighted by Gasteiger charge is 2.16. The molecule has 0 bridgehead atoms. The third kappa shape index (κ3) is 3.89. The minimum Gasteiger partial charge on any atom is -0.542 e. The smallest absolute Gasteiger partial charge is 0.339 e. The zero-order chi connectivity index (χ0) is 12.8. The first-order valence-corrected chi connectivity index (χ1v) is 8.30. The Labute approximate surface area is 104 Å². The maximum Gasteiger partial charge on any atom is 0.339 e. The van der Waals surface area contributed by atoms with Gasteiger partial charge in [-0.25, -0.2) is 4.79 Å². The molecule has 0 fully saturated rings. The molecule has 0 spiro atoms. The van der Waals surface area contributed by atoms with E-state index in [1.807, 2.05) is 19.2 Å². The van der Waals surface area contributed by atoms with E-state index in [9.17, 15) is 4.79 Å². The molecule has 17 heavy (non-hydrogen) atoms. The second kappa shape index (κ2) is 6.44. The summed E-state index contributed by atoms with van der Waals surface area (Å²) >= 11 is 0. The molecule has 0 saturated heterocycles. The van der Waals surface area contributed by atoms with Crippen molar-refractivity contribution in [2.75, 3.05) is 0 Å². The lowest BCUT2D eigenvalue weighted by atomic mass is 10.0. The number of rotatable bonds is 6. The monoisotopic (exact) mass is 251 g/mol. The highest BCUT2D eigenvalue weighted by atomic mass is 28.3. The third-order valence-corrected chi connectivity index (χ3v) is 3.05. The second-order valence-corrected chi connectivity index (χ2v) is 6.23. The van der Waals surface area contributed by atoms with Gasteiger partial charge in [-0.2, -0.15) is 0 Å². The Kier molecular flexibility index (Phi) is 5.22. The molecule has 0 heterocycles. The van der Waals surface area contributed by atoms with Gasteiger partial charge in [0.15, 0.2) is 0 Å². The van der Waals surface area contributed by atoms with Crippen molar-refractivity contribution in [3.8, 4) is 5.75 Å². The van der Waals surface area contributed by atoms with Gasteiger partial charge in [0.1, 0.15) is 11.3 Å². The molecule has 0 aliphatic carbocycles. The molecule has 4 heteroatoms. The van der Waals surface area contributed by atoms with Crippen molar-refractivity contribution in [1.82, 2.24) is 0 Å². The van der Waals surface area contributed by atoms with Crippen LogP contribution in [0.3, 0.4) is 0 Å². The molecule has 1 aromatic rings. The first kappa shape index (κ1) is 13.8. The van der Waals surface area contributed by atoms with Crippen molar-refractivity contribution < 1.29 is 14.3 Å². The van der Waals surface area contributed by atoms with Crippen LogP contribution in [0.5, 0.6) is 5.75 Å². The van der Waals surface area contributed by atoms with E-state index in [0.717, 1.165) is 24.8 Å². The lowest BCUT2D eigenvalue weighted by Gasteiger charge is -2.16. The maximum atomic E-state index is 11.2. The number of carboxylic acids is 1. The molecule has 1 radical (unpaired) electrons. The lowest BCUT2D eigenvalue weighted by molar-refractivity contribution is 0.0694. The van der Waals surface area contributed by atoms with E-state index < -0.39 is 15.0 Å². The van der Waals surface area contributed by atoms with Gasteiger partial charge >= 0.3 is 5.97 Å². The van der Waals surface area contributed by atoms with Crippen molar-refractivity contribution in [1.29, 1.82) is 0 Å². The van der Waals surface area contributed by atoms with Gasteiger partial charge in [0.25, 0.3) is 9.04 Å². The van der Waals surface area contributed by atoms with Crippen molar-refractivity contribution in [3.63, 3.8) is 0 Å². The van der Waals surface area contributed by atoms with Crippen LogP contribution in [0.15, 0.2) is 18.2 Å². The predicted octanol–water partition coefficient (Wildman–Crippen LogP) is 3.36. The average Bonchev–Trinajstić information content (AvgIpc) is 2.26. The number of hydrogen-bond acceptors (Lipinski definition) is 2. The summed E-state index contributed by atoms with van der Waals surface area (Å²) in [6.45, 7) is 6.14. The highest BCUT2D eigenvalue weighted by Crippen LogP contribution is 2.26. The van der Waals surface area contributed by atoms with Crippen LogP contribution in [0.1, 0.15) is 35.7 Å². The van der Waals surface area contributed by atoms with Crippen LogP contribution in [-0.4, -0.2) is 20.1 Å². The Bertz CT molecular complexity index is 388. The Morgan fingerprint density at radius 2 is 2.12 bits per heavy atom. The Balaban J connectivity index is 3.09. The Morgan fingerprint density at radius 3 is 2.65 bits per heavy atom. The molecular formula is C13H19O3Si. The van der Waals surface area contributed by atoms with Crippen LogP contribution in [0.4, 0.5) is 0 Å². The first-order chi connectivity index (χ1) is 8.06. The molecule has 0 atom stereocenters. The zero-order valence-electron chi connectivity index (χ0n) is 10.6. The maximum absolute atomic E-state index is 11.2. The fourth-order valence-electron chi connectivity index (χ4n) is 1.64. The van der Waals surface area contributed by atoms with E-state index in [0.29, 0.717) is 5.75 Å². The van der Waals surface area contributed by atoms with Gasteiger partial charge in [-0.1, -0.05) is 25.5 Å². The normalized spacial score (nSPS) is 10.6. The molecule has 93 valence electrons. The van der Waals surface area contributed by atoms with Crippen LogP contribution >= 0.6 is 0 Å². The van der Waals surface area contributed by atoms with Crippen molar-refractivity contribution in [2.24, 2.45) is 0 Å². The van der Waals surface area contributed by atoms with Crippen LogP contribution in [0.2, 0.25) is 13.1 Å². The zero-order valence-corrected chi connectivity index (χ0v) is 11.6. The van der Waals surface area contributed by atoms with E-state index in [2.05, 4.69) is 6.92 Å². The standard InChI is InChI=1S/C13H19O3Si/c1-4-5-7-10-8-6-9-11(13(14)15)12(10)16-17(2)3/h6,8-9H,4-5,7H2,1-3H3,(H,14,15). The van der Waals surface area contributed by atoms with Crippen LogP contribution in [-0.2, 0) is 6.42 Å². The summed E-state index contributed by atoms with van der Waals surface area (Å²) < 4.78 is 5.76. The van der Waals surface area contributed by atoms with Gasteiger partial charge in [0, 0.05) is 0 Å². The van der Waals surface area contributed by atoms with Gasteiger partial charge in [-0.05, 0) is 37.6 Å². The SMILES string of the molecule is CCCCc1cccc(C(=O)O)c1O[Si](C)C. The van der Waals surface area contributed by atoms with Crippen molar-refractivity contribution in [2.45, 2.75) is 39.3 Å². The molecule has 3 nitrogen and oxygen atoms in total. The number of unbranched alkanes of at least 4 members (excludes halogenated alkanes) is 1. The largest absolute Gasteiger partial charge is 0.542 e. The Morgan fingerprint density at radius 1 is 1.41 bits per heavy atom. The van der Waals surface area contributed by atoms with Crippen LogP contribution in [0.25, 0.3) is 0 Å². The summed E-state index contributed by atoms with van der Waals surface area (Å²) in [5, 5.41) is 9.16. The molecule has 0 aromatic heterocycles. The summed E-state index contributed by atoms with van der Waals surface area (Å²) in [5.74, 6) is -0.339. The number of benzene rings is 1. The highest BCUT2D eigenvalue weighted by molar-refractivity contribution is 6.49. The van der Waals surface area contributed by atoms with Gasteiger partial charge < -0.3 is 9.53 Å². The molecule has 0 aliphatic rings. The van der Waals surface area contributed by atoms with E-state index in [1.165, 1.54) is 0 Å². The average molecular weight is 251 g/mol. The molecule has 1 N–H and O–H groups in total. The number of para-hydroxylation sites is 1. The predicted molar refractivity (Wildman–Crippen MR) is 70.1 cm³/mol. The molecule has 0 amide bonds. The third-order valence-electron chi connectivity index (χ3n) is 2.43. The number of carbonyl (C=O) groups is 1. The van der Waals surface area contributed by atoms with E-state index in [4.69, 9.17) is 9.53 Å². The number of aryl methyl sites for hydroxylation is 1. The Hall–Kier alpha value is -1.29. The summed E-state index contributed by atoms with van der Waals surface area (Å²) in [4.78, 5) is 11.2. The lowest BCUT2D eigenvalue weighted by Crippen LogP contribution is -2.15. The van der Waals surface area contributed by atoms with E-state index in [-0.39, 0.29) is 5.56 Å². The minimum absolute atomic E-state index is 0.282. The molecule has 1 rings (SSSR count). The van der Waals surface area contributed by atoms with Crippen molar-refractivity contribution in [3.05, 3.63) is 29.3 Å². The van der Waals surface area contributed by atoms with Gasteiger partial charge in [-0.3, -0.25) is 0 Å². The fourth-order valence-corrected chi connectivity index (χ4v) is 2.29. The van der Waals surface area contributed by atoms with Gasteiger partial charge in [0.2, 0.25) is 0 Å². The second-order valence-electron chi connectivity index (χ2n) is 4.21. The summed E-state index contributed by atoms with van der Waals surface area (Å²) in [7, 11) is -0.952. The summed E-state index contributed by atoms with van der Waals surface area (Å²) in [6, 6.07) is 5.36. The minimum atomic E-state index is -0.952. The van der Waals surface area contributed by atoms with Gasteiger partial charge in [-0.15, -0.1) is 0 Å². The summed E-state index contributed by atoms with van der Waals surface area (Å²) in [6.07, 6.45) is 3.02. The quantitative estimate of drug-likeness (QED) is 0.789. The fraction of sp³-hybridized carbons (Fsp3) is 0.462. The van der Waals surface area contributed by atoms with Crippen LogP contribution < -0.4 is 4.43 Å². The first-order valence-electron chi connectivity index (χ1n) is 5.89. The van der Waals surface area contributed by atoms with Crippen LogP contribution in [0, 0.1) is 0 Å². The number of carboxylic acid groups (broad SMARTS) is 1. The molecule has 0 saturated carbocycles. The molecular weight excluding hydrogens is 232 g/mol. The van der Waals surface area contributed by atoms with E-state index in [1.54, 1.807) is 12.1 Å². The summed E-state index contributed by atoms with van der Waals surface area (Å²) in [5.41, 5.74) is 1.29. The number of aromatic carboxylic acids is 1.